The second-order valence-corrected chi connectivity index (χ2v) is 20.9. The molecule has 0 N–H and O–H groups in total. The highest BCUT2D eigenvalue weighted by atomic mass is 16.6. The maximum absolute atomic E-state index is 12.9. The Hall–Kier alpha value is -3.15. The number of rotatable bonds is 57. The molecule has 0 aliphatic heterocycles. The maximum Gasteiger partial charge on any atom is 0.306 e. The minimum atomic E-state index is -0.785. The van der Waals surface area contributed by atoms with Gasteiger partial charge in [-0.1, -0.05) is 280 Å². The van der Waals surface area contributed by atoms with Crippen molar-refractivity contribution in [2.75, 3.05) is 13.2 Å². The molecule has 0 rings (SSSR count). The van der Waals surface area contributed by atoms with Gasteiger partial charge in [0.25, 0.3) is 0 Å². The van der Waals surface area contributed by atoms with Crippen LogP contribution in [0, 0.1) is 0 Å². The van der Waals surface area contributed by atoms with E-state index in [1.165, 1.54) is 167 Å². The molecular formula is C67H118O6. The summed E-state index contributed by atoms with van der Waals surface area (Å²) in [7, 11) is 0. The lowest BCUT2D eigenvalue weighted by Gasteiger charge is -2.18. The van der Waals surface area contributed by atoms with Gasteiger partial charge in [0.1, 0.15) is 13.2 Å². The third-order valence-corrected chi connectivity index (χ3v) is 13.7. The number of esters is 3. The van der Waals surface area contributed by atoms with Gasteiger partial charge in [0.2, 0.25) is 0 Å². The van der Waals surface area contributed by atoms with E-state index in [2.05, 4.69) is 93.7 Å². The Labute approximate surface area is 453 Å². The van der Waals surface area contributed by atoms with Crippen molar-refractivity contribution in [1.82, 2.24) is 0 Å². The molecule has 0 amide bonds. The fraction of sp³-hybridized carbons (Fsp3) is 0.776. The fourth-order valence-corrected chi connectivity index (χ4v) is 9.00. The summed E-state index contributed by atoms with van der Waals surface area (Å²) >= 11 is 0. The summed E-state index contributed by atoms with van der Waals surface area (Å²) in [5.74, 6) is -0.889. The molecule has 422 valence electrons. The Balaban J connectivity index is 4.40. The van der Waals surface area contributed by atoms with E-state index in [0.717, 1.165) is 109 Å². The van der Waals surface area contributed by atoms with E-state index < -0.39 is 6.10 Å². The van der Waals surface area contributed by atoms with Gasteiger partial charge in [-0.05, 0) is 89.9 Å². The van der Waals surface area contributed by atoms with E-state index in [-0.39, 0.29) is 31.1 Å². The minimum Gasteiger partial charge on any atom is -0.462 e. The third-order valence-electron chi connectivity index (χ3n) is 13.7. The van der Waals surface area contributed by atoms with Crippen LogP contribution in [0.3, 0.4) is 0 Å². The van der Waals surface area contributed by atoms with Gasteiger partial charge in [-0.25, -0.2) is 0 Å². The van der Waals surface area contributed by atoms with Crippen LogP contribution < -0.4 is 0 Å². The van der Waals surface area contributed by atoms with Gasteiger partial charge in [0.05, 0.1) is 0 Å². The topological polar surface area (TPSA) is 78.9 Å². The van der Waals surface area contributed by atoms with E-state index in [1.54, 1.807) is 0 Å². The molecule has 0 aromatic carbocycles. The fourth-order valence-electron chi connectivity index (χ4n) is 9.00. The van der Waals surface area contributed by atoms with Crippen molar-refractivity contribution in [3.05, 3.63) is 72.9 Å². The third kappa shape index (κ3) is 59.6. The van der Waals surface area contributed by atoms with E-state index in [0.29, 0.717) is 19.3 Å². The van der Waals surface area contributed by atoms with Crippen LogP contribution in [-0.4, -0.2) is 37.2 Å². The Morgan fingerprint density at radius 2 is 0.534 bits per heavy atom. The molecule has 0 saturated carbocycles. The van der Waals surface area contributed by atoms with Crippen LogP contribution in [-0.2, 0) is 28.6 Å². The van der Waals surface area contributed by atoms with Crippen molar-refractivity contribution >= 4 is 17.9 Å². The van der Waals surface area contributed by atoms with Crippen LogP contribution >= 0.6 is 0 Å². The van der Waals surface area contributed by atoms with Crippen LogP contribution in [0.15, 0.2) is 72.9 Å². The molecule has 6 heteroatoms. The predicted octanol–water partition coefficient (Wildman–Crippen LogP) is 21.3. The monoisotopic (exact) mass is 1020 g/mol. The largest absolute Gasteiger partial charge is 0.462 e. The van der Waals surface area contributed by atoms with Crippen molar-refractivity contribution in [1.29, 1.82) is 0 Å². The highest BCUT2D eigenvalue weighted by Crippen LogP contribution is 2.16. The molecule has 0 spiro atoms. The molecule has 73 heavy (non-hydrogen) atoms. The normalized spacial score (nSPS) is 12.5. The van der Waals surface area contributed by atoms with E-state index in [4.69, 9.17) is 14.2 Å². The van der Waals surface area contributed by atoms with Crippen molar-refractivity contribution in [2.24, 2.45) is 0 Å². The summed E-state index contributed by atoms with van der Waals surface area (Å²) in [6.45, 7) is 6.55. The summed E-state index contributed by atoms with van der Waals surface area (Å²) in [4.78, 5) is 38.3. The van der Waals surface area contributed by atoms with Crippen LogP contribution in [0.2, 0.25) is 0 Å². The molecule has 0 aromatic rings. The highest BCUT2D eigenvalue weighted by Gasteiger charge is 2.19. The van der Waals surface area contributed by atoms with Crippen LogP contribution in [0.4, 0.5) is 0 Å². The van der Waals surface area contributed by atoms with E-state index in [1.807, 2.05) is 0 Å². The standard InChI is InChI=1S/C67H118O6/c1-4-7-10-13-16-19-22-25-28-31-33-34-35-37-39-42-45-48-51-54-57-60-66(69)72-63-64(62-71-65(68)59-56-53-50-47-44-41-38-30-27-24-21-18-15-12-9-6-3)73-67(70)61-58-55-52-49-46-43-40-36-32-29-26-23-20-17-14-11-8-5-2/h7,10,16,19,25,28-29,32-34,37,39,64H,4-6,8-9,11-15,17-18,20-24,26-27,30-31,35-36,38,40-63H2,1-3H3/b10-7-,19-16-,28-25-,32-29-,34-33-,39-37-. The molecule has 0 radical (unpaired) electrons. The zero-order valence-electron chi connectivity index (χ0n) is 48.4. The molecule has 1 atom stereocenters. The summed E-state index contributed by atoms with van der Waals surface area (Å²) < 4.78 is 16.9. The van der Waals surface area contributed by atoms with Gasteiger partial charge in [-0.15, -0.1) is 0 Å². The summed E-state index contributed by atoms with van der Waals surface area (Å²) in [5.41, 5.74) is 0. The predicted molar refractivity (Wildman–Crippen MR) is 316 cm³/mol. The number of allylic oxidation sites excluding steroid dienone is 12. The Bertz CT molecular complexity index is 1360. The van der Waals surface area contributed by atoms with E-state index >= 15 is 0 Å². The highest BCUT2D eigenvalue weighted by molar-refractivity contribution is 5.71. The number of ether oxygens (including phenoxy) is 3. The number of carbonyl (C=O) groups excluding carboxylic acids is 3. The first kappa shape index (κ1) is 69.8. The number of hydrogen-bond donors (Lipinski definition) is 0. The van der Waals surface area contributed by atoms with E-state index in [9.17, 15) is 14.4 Å². The Kier molecular flexibility index (Phi) is 58.7. The van der Waals surface area contributed by atoms with Crippen molar-refractivity contribution in [3.63, 3.8) is 0 Å². The molecular weight excluding hydrogens is 901 g/mol. The van der Waals surface area contributed by atoms with Gasteiger partial charge >= 0.3 is 17.9 Å². The van der Waals surface area contributed by atoms with Crippen LogP contribution in [0.5, 0.6) is 0 Å². The first-order chi connectivity index (χ1) is 36.0. The lowest BCUT2D eigenvalue weighted by Crippen LogP contribution is -2.30. The second kappa shape index (κ2) is 61.4. The molecule has 0 bridgehead atoms. The Morgan fingerprint density at radius 3 is 0.849 bits per heavy atom. The maximum atomic E-state index is 12.9. The van der Waals surface area contributed by atoms with Gasteiger partial charge in [-0.2, -0.15) is 0 Å². The molecule has 0 fully saturated rings. The van der Waals surface area contributed by atoms with Gasteiger partial charge < -0.3 is 14.2 Å². The first-order valence-corrected chi connectivity index (χ1v) is 31.4. The summed E-state index contributed by atoms with van der Waals surface area (Å²) in [6, 6.07) is 0. The van der Waals surface area contributed by atoms with Gasteiger partial charge in [0, 0.05) is 19.3 Å². The smallest absolute Gasteiger partial charge is 0.306 e. The van der Waals surface area contributed by atoms with Crippen molar-refractivity contribution < 1.29 is 28.6 Å². The molecule has 0 heterocycles. The summed E-state index contributed by atoms with van der Waals surface area (Å²) in [5, 5.41) is 0. The van der Waals surface area contributed by atoms with Gasteiger partial charge in [0.15, 0.2) is 6.10 Å². The minimum absolute atomic E-state index is 0.0804. The average molecular weight is 1020 g/mol. The lowest BCUT2D eigenvalue weighted by atomic mass is 10.0. The van der Waals surface area contributed by atoms with Gasteiger partial charge in [-0.3, -0.25) is 14.4 Å². The first-order valence-electron chi connectivity index (χ1n) is 31.4. The Morgan fingerprint density at radius 1 is 0.288 bits per heavy atom. The molecule has 0 saturated heterocycles. The quantitative estimate of drug-likeness (QED) is 0.0261. The lowest BCUT2D eigenvalue weighted by molar-refractivity contribution is -0.167. The molecule has 0 aromatic heterocycles. The molecule has 1 unspecified atom stereocenters. The molecule has 0 aliphatic rings. The molecule has 6 nitrogen and oxygen atoms in total. The van der Waals surface area contributed by atoms with Crippen LogP contribution in [0.1, 0.15) is 316 Å². The number of unbranched alkanes of at least 4 members (excludes halogenated alkanes) is 34. The molecule has 0 aliphatic carbocycles. The van der Waals surface area contributed by atoms with Crippen LogP contribution in [0.25, 0.3) is 0 Å². The number of carbonyl (C=O) groups is 3. The zero-order chi connectivity index (χ0) is 52.9. The van der Waals surface area contributed by atoms with Crippen molar-refractivity contribution in [2.45, 2.75) is 322 Å². The SMILES string of the molecule is CC/C=C\C/C=C\C/C=C\C/C=C\C/C=C\CCCCCCCC(=O)OCC(COC(=O)CCCCCCCCCCCCCCCCCC)OC(=O)CCCCCCCCC/C=C\CCCCCCCCC. The summed E-state index contributed by atoms with van der Waals surface area (Å²) in [6.07, 6.45) is 78.9. The zero-order valence-corrected chi connectivity index (χ0v) is 48.4. The average Bonchev–Trinajstić information content (AvgIpc) is 3.39. The number of hydrogen-bond acceptors (Lipinski definition) is 6. The second-order valence-electron chi connectivity index (χ2n) is 20.9. The van der Waals surface area contributed by atoms with Crippen molar-refractivity contribution in [3.8, 4) is 0 Å².